The number of rotatable bonds is 3. The van der Waals surface area contributed by atoms with Crippen LogP contribution >= 0.6 is 0 Å². The van der Waals surface area contributed by atoms with Crippen molar-refractivity contribution in [3.8, 4) is 0 Å². The Morgan fingerprint density at radius 3 is 2.60 bits per heavy atom. The van der Waals surface area contributed by atoms with Gasteiger partial charge in [-0.1, -0.05) is 0 Å². The molecule has 4 heteroatoms. The Balaban J connectivity index is 2.66. The highest BCUT2D eigenvalue weighted by molar-refractivity contribution is 5.69. The summed E-state index contributed by atoms with van der Waals surface area (Å²) in [6.45, 7) is 7.70. The van der Waals surface area contributed by atoms with Crippen molar-refractivity contribution in [2.24, 2.45) is 0 Å². The van der Waals surface area contributed by atoms with Crippen molar-refractivity contribution in [1.82, 2.24) is 4.90 Å². The lowest BCUT2D eigenvalue weighted by Gasteiger charge is -2.42. The molecule has 0 aromatic rings. The van der Waals surface area contributed by atoms with Gasteiger partial charge in [0, 0.05) is 18.2 Å². The molecule has 0 amide bonds. The summed E-state index contributed by atoms with van der Waals surface area (Å²) in [6, 6.07) is 0.245. The maximum atomic E-state index is 10.8. The number of hydrogen-bond donors (Lipinski definition) is 1. The molecule has 1 N–H and O–H groups in total. The maximum absolute atomic E-state index is 10.8. The largest absolute Gasteiger partial charge is 0.480 e. The van der Waals surface area contributed by atoms with Gasteiger partial charge in [0.15, 0.2) is 0 Å². The van der Waals surface area contributed by atoms with Gasteiger partial charge in [0.25, 0.3) is 0 Å². The molecule has 0 aromatic carbocycles. The highest BCUT2D eigenvalue weighted by atomic mass is 16.5. The SMILES string of the molecule is CC(C)(C)N(CC(=O)O)C1CCCOC1. The van der Waals surface area contributed by atoms with Gasteiger partial charge in [-0.3, -0.25) is 9.69 Å². The topological polar surface area (TPSA) is 49.8 Å². The van der Waals surface area contributed by atoms with Gasteiger partial charge in [0.2, 0.25) is 0 Å². The second kappa shape index (κ2) is 4.94. The predicted octanol–water partition coefficient (Wildman–Crippen LogP) is 1.35. The monoisotopic (exact) mass is 215 g/mol. The second-order valence-electron chi connectivity index (χ2n) is 5.06. The van der Waals surface area contributed by atoms with Gasteiger partial charge >= 0.3 is 5.97 Å². The van der Waals surface area contributed by atoms with Crippen molar-refractivity contribution in [2.75, 3.05) is 19.8 Å². The second-order valence-corrected chi connectivity index (χ2v) is 5.06. The zero-order valence-electron chi connectivity index (χ0n) is 9.82. The number of hydrogen-bond acceptors (Lipinski definition) is 3. The van der Waals surface area contributed by atoms with Crippen LogP contribution in [0.25, 0.3) is 0 Å². The summed E-state index contributed by atoms with van der Waals surface area (Å²) in [7, 11) is 0. The quantitative estimate of drug-likeness (QED) is 0.772. The van der Waals surface area contributed by atoms with E-state index in [1.165, 1.54) is 0 Å². The fraction of sp³-hybridized carbons (Fsp3) is 0.909. The first kappa shape index (κ1) is 12.5. The third-order valence-electron chi connectivity index (χ3n) is 2.74. The standard InChI is InChI=1S/C11H21NO3/c1-11(2,3)12(7-10(13)14)9-5-4-6-15-8-9/h9H,4-8H2,1-3H3,(H,13,14). The van der Waals surface area contributed by atoms with Crippen molar-refractivity contribution in [1.29, 1.82) is 0 Å². The van der Waals surface area contributed by atoms with Gasteiger partial charge in [-0.2, -0.15) is 0 Å². The Morgan fingerprint density at radius 1 is 1.53 bits per heavy atom. The Kier molecular flexibility index (Phi) is 4.11. The molecule has 4 nitrogen and oxygen atoms in total. The number of carbonyl (C=O) groups is 1. The molecule has 1 unspecified atom stereocenters. The maximum Gasteiger partial charge on any atom is 0.317 e. The van der Waals surface area contributed by atoms with Crippen LogP contribution in [0.5, 0.6) is 0 Å². The minimum atomic E-state index is -0.768. The van der Waals surface area contributed by atoms with E-state index in [1.54, 1.807) is 0 Å². The van der Waals surface area contributed by atoms with Crippen molar-refractivity contribution in [2.45, 2.75) is 45.2 Å². The fourth-order valence-electron chi connectivity index (χ4n) is 2.03. The normalized spacial score (nSPS) is 23.1. The van der Waals surface area contributed by atoms with Crippen LogP contribution in [0.3, 0.4) is 0 Å². The van der Waals surface area contributed by atoms with E-state index in [9.17, 15) is 4.79 Å². The molecule has 0 radical (unpaired) electrons. The summed E-state index contributed by atoms with van der Waals surface area (Å²) in [6.07, 6.45) is 2.06. The third-order valence-corrected chi connectivity index (χ3v) is 2.74. The molecule has 1 aliphatic rings. The van der Waals surface area contributed by atoms with Gasteiger partial charge in [-0.05, 0) is 33.6 Å². The Bertz CT molecular complexity index is 216. The minimum Gasteiger partial charge on any atom is -0.480 e. The van der Waals surface area contributed by atoms with Crippen LogP contribution < -0.4 is 0 Å². The van der Waals surface area contributed by atoms with E-state index in [0.717, 1.165) is 19.4 Å². The summed E-state index contributed by atoms with van der Waals surface area (Å²) in [4.78, 5) is 12.8. The summed E-state index contributed by atoms with van der Waals surface area (Å²) in [5, 5.41) is 8.90. The van der Waals surface area contributed by atoms with E-state index in [-0.39, 0.29) is 18.1 Å². The molecule has 1 atom stereocenters. The predicted molar refractivity (Wildman–Crippen MR) is 57.9 cm³/mol. The van der Waals surface area contributed by atoms with Crippen LogP contribution in [0.2, 0.25) is 0 Å². The van der Waals surface area contributed by atoms with E-state index >= 15 is 0 Å². The third kappa shape index (κ3) is 3.80. The van der Waals surface area contributed by atoms with Crippen molar-refractivity contribution in [3.05, 3.63) is 0 Å². The number of carboxylic acid groups (broad SMARTS) is 1. The molecule has 0 saturated carbocycles. The smallest absolute Gasteiger partial charge is 0.317 e. The lowest BCUT2D eigenvalue weighted by molar-refractivity contribution is -0.142. The summed E-state index contributed by atoms with van der Waals surface area (Å²) in [5.74, 6) is -0.768. The highest BCUT2D eigenvalue weighted by Gasteiger charge is 2.31. The number of ether oxygens (including phenoxy) is 1. The van der Waals surface area contributed by atoms with Gasteiger partial charge in [0.1, 0.15) is 0 Å². The first-order valence-corrected chi connectivity index (χ1v) is 5.47. The lowest BCUT2D eigenvalue weighted by atomic mass is 9.99. The molecule has 1 saturated heterocycles. The zero-order valence-corrected chi connectivity index (χ0v) is 9.82. The van der Waals surface area contributed by atoms with Crippen molar-refractivity contribution >= 4 is 5.97 Å². The molecule has 1 heterocycles. The Labute approximate surface area is 91.2 Å². The number of aliphatic carboxylic acids is 1. The minimum absolute atomic E-state index is 0.0948. The highest BCUT2D eigenvalue weighted by Crippen LogP contribution is 2.22. The molecule has 1 fully saturated rings. The molecule has 0 aromatic heterocycles. The van der Waals surface area contributed by atoms with E-state index in [4.69, 9.17) is 9.84 Å². The Morgan fingerprint density at radius 2 is 2.20 bits per heavy atom. The van der Waals surface area contributed by atoms with E-state index in [0.29, 0.717) is 6.61 Å². The number of nitrogens with zero attached hydrogens (tertiary/aromatic N) is 1. The van der Waals surface area contributed by atoms with E-state index in [1.807, 2.05) is 25.7 Å². The summed E-state index contributed by atoms with van der Waals surface area (Å²) in [5.41, 5.74) is -0.121. The lowest BCUT2D eigenvalue weighted by Crippen LogP contribution is -2.53. The average molecular weight is 215 g/mol. The zero-order chi connectivity index (χ0) is 11.5. The molecule has 0 bridgehead atoms. The first-order valence-electron chi connectivity index (χ1n) is 5.47. The Hall–Kier alpha value is -0.610. The summed E-state index contributed by atoms with van der Waals surface area (Å²) < 4.78 is 5.41. The van der Waals surface area contributed by atoms with Crippen LogP contribution in [0, 0.1) is 0 Å². The molecule has 88 valence electrons. The van der Waals surface area contributed by atoms with E-state index < -0.39 is 5.97 Å². The van der Waals surface area contributed by atoms with E-state index in [2.05, 4.69) is 0 Å². The van der Waals surface area contributed by atoms with Crippen LogP contribution in [-0.4, -0.2) is 47.3 Å². The fourth-order valence-corrected chi connectivity index (χ4v) is 2.03. The van der Waals surface area contributed by atoms with Gasteiger partial charge < -0.3 is 9.84 Å². The summed E-state index contributed by atoms with van der Waals surface area (Å²) >= 11 is 0. The molecular weight excluding hydrogens is 194 g/mol. The van der Waals surface area contributed by atoms with Gasteiger partial charge in [0.05, 0.1) is 13.2 Å². The van der Waals surface area contributed by atoms with Crippen molar-refractivity contribution in [3.63, 3.8) is 0 Å². The van der Waals surface area contributed by atoms with Crippen LogP contribution in [0.4, 0.5) is 0 Å². The molecular formula is C11H21NO3. The first-order chi connectivity index (χ1) is 6.91. The average Bonchev–Trinajstić information content (AvgIpc) is 2.14. The number of carboxylic acids is 1. The molecule has 1 rings (SSSR count). The van der Waals surface area contributed by atoms with Crippen LogP contribution in [0.15, 0.2) is 0 Å². The van der Waals surface area contributed by atoms with Gasteiger partial charge in [-0.15, -0.1) is 0 Å². The molecule has 15 heavy (non-hydrogen) atoms. The van der Waals surface area contributed by atoms with Gasteiger partial charge in [-0.25, -0.2) is 0 Å². The van der Waals surface area contributed by atoms with Crippen LogP contribution in [-0.2, 0) is 9.53 Å². The molecule has 1 aliphatic heterocycles. The molecule has 0 aliphatic carbocycles. The molecule has 0 spiro atoms. The van der Waals surface area contributed by atoms with Crippen LogP contribution in [0.1, 0.15) is 33.6 Å². The van der Waals surface area contributed by atoms with Crippen molar-refractivity contribution < 1.29 is 14.6 Å².